The van der Waals surface area contributed by atoms with Crippen LogP contribution >= 0.6 is 0 Å². The minimum absolute atomic E-state index is 0.131. The van der Waals surface area contributed by atoms with Crippen LogP contribution in [0.1, 0.15) is 28.8 Å². The zero-order chi connectivity index (χ0) is 16.2. The molecule has 3 rings (SSSR count). The zero-order valence-electron chi connectivity index (χ0n) is 13.2. The largest absolute Gasteiger partial charge is 0.392 e. The molecule has 6 heteroatoms. The summed E-state index contributed by atoms with van der Waals surface area (Å²) in [5.74, 6) is -0.657. The van der Waals surface area contributed by atoms with Crippen LogP contribution in [0.2, 0.25) is 0 Å². The fraction of sp³-hybridized carbons (Fsp3) is 0.588. The highest BCUT2D eigenvalue weighted by Gasteiger charge is 2.28. The molecule has 0 spiro atoms. The fourth-order valence-electron chi connectivity index (χ4n) is 3.37. The van der Waals surface area contributed by atoms with Crippen LogP contribution in [0.4, 0.5) is 4.39 Å². The molecule has 1 aromatic rings. The van der Waals surface area contributed by atoms with Crippen molar-refractivity contribution in [2.75, 3.05) is 39.4 Å². The Morgan fingerprint density at radius 2 is 1.91 bits per heavy atom. The average molecular weight is 322 g/mol. The number of rotatable bonds is 3. The number of ether oxygens (including phenoxy) is 1. The van der Waals surface area contributed by atoms with Crippen molar-refractivity contribution in [2.24, 2.45) is 0 Å². The molecule has 0 unspecified atom stereocenters. The first kappa shape index (κ1) is 16.4. The highest BCUT2D eigenvalue weighted by atomic mass is 19.1. The number of benzene rings is 1. The number of piperidine rings is 1. The second-order valence-corrected chi connectivity index (χ2v) is 6.14. The van der Waals surface area contributed by atoms with E-state index in [9.17, 15) is 9.18 Å². The Balaban J connectivity index is 1.58. The minimum Gasteiger partial charge on any atom is -0.392 e. The third-order valence-electron chi connectivity index (χ3n) is 4.78. The number of amides is 1. The average Bonchev–Trinajstić information content (AvgIpc) is 2.62. The molecule has 0 aliphatic carbocycles. The van der Waals surface area contributed by atoms with Crippen molar-refractivity contribution in [2.45, 2.75) is 25.5 Å². The molecule has 0 saturated carbocycles. The smallest absolute Gasteiger partial charge is 0.253 e. The van der Waals surface area contributed by atoms with Crippen LogP contribution in [0, 0.1) is 5.82 Å². The molecule has 5 nitrogen and oxygen atoms in total. The molecule has 0 aromatic heterocycles. The van der Waals surface area contributed by atoms with Crippen LogP contribution in [0.15, 0.2) is 18.2 Å². The third-order valence-corrected chi connectivity index (χ3v) is 4.78. The number of likely N-dealkylation sites (tertiary alicyclic amines) is 1. The van der Waals surface area contributed by atoms with Crippen molar-refractivity contribution in [3.63, 3.8) is 0 Å². The van der Waals surface area contributed by atoms with Crippen molar-refractivity contribution >= 4 is 5.91 Å². The van der Waals surface area contributed by atoms with Gasteiger partial charge in [-0.3, -0.25) is 9.69 Å². The summed E-state index contributed by atoms with van der Waals surface area (Å²) in [6.07, 6.45) is 1.89. The Morgan fingerprint density at radius 1 is 1.22 bits per heavy atom. The molecule has 0 atom stereocenters. The molecule has 1 amide bonds. The van der Waals surface area contributed by atoms with E-state index in [4.69, 9.17) is 9.84 Å². The van der Waals surface area contributed by atoms with Gasteiger partial charge in [0.05, 0.1) is 19.8 Å². The van der Waals surface area contributed by atoms with Gasteiger partial charge in [-0.1, -0.05) is 6.07 Å². The van der Waals surface area contributed by atoms with Gasteiger partial charge in [-0.05, 0) is 25.0 Å². The summed E-state index contributed by atoms with van der Waals surface area (Å²) in [6, 6.07) is 4.80. The maximum atomic E-state index is 13.7. The molecule has 2 fully saturated rings. The number of aliphatic hydroxyl groups excluding tert-OH is 1. The number of carbonyl (C=O) groups excluding carboxylic acids is 1. The summed E-state index contributed by atoms with van der Waals surface area (Å²) in [6.45, 7) is 4.55. The van der Waals surface area contributed by atoms with E-state index >= 15 is 0 Å². The number of hydrogen-bond donors (Lipinski definition) is 1. The van der Waals surface area contributed by atoms with Gasteiger partial charge in [0, 0.05) is 43.3 Å². The van der Waals surface area contributed by atoms with Crippen molar-refractivity contribution in [1.29, 1.82) is 0 Å². The molecule has 2 aliphatic rings. The Morgan fingerprint density at radius 3 is 2.52 bits per heavy atom. The SMILES string of the molecule is O=C(c1ccc(CO)c(F)c1)N1CCC(N2CCOCC2)CC1. The predicted molar refractivity (Wildman–Crippen MR) is 83.6 cm³/mol. The zero-order valence-corrected chi connectivity index (χ0v) is 13.2. The van der Waals surface area contributed by atoms with E-state index < -0.39 is 5.82 Å². The van der Waals surface area contributed by atoms with Crippen LogP contribution in [0.5, 0.6) is 0 Å². The Labute approximate surface area is 135 Å². The molecular formula is C17H23FN2O3. The number of hydrogen-bond acceptors (Lipinski definition) is 4. The molecule has 126 valence electrons. The summed E-state index contributed by atoms with van der Waals surface area (Å²) in [4.78, 5) is 16.7. The maximum absolute atomic E-state index is 13.7. The van der Waals surface area contributed by atoms with Gasteiger partial charge >= 0.3 is 0 Å². The van der Waals surface area contributed by atoms with Crippen LogP contribution in [-0.2, 0) is 11.3 Å². The molecule has 0 radical (unpaired) electrons. The Kier molecular flexibility index (Phi) is 5.25. The maximum Gasteiger partial charge on any atom is 0.253 e. The minimum atomic E-state index is -0.526. The highest BCUT2D eigenvalue weighted by molar-refractivity contribution is 5.94. The van der Waals surface area contributed by atoms with Crippen LogP contribution < -0.4 is 0 Å². The van der Waals surface area contributed by atoms with Crippen molar-refractivity contribution in [1.82, 2.24) is 9.80 Å². The van der Waals surface area contributed by atoms with E-state index in [0.29, 0.717) is 24.7 Å². The van der Waals surface area contributed by atoms with E-state index in [2.05, 4.69) is 4.90 Å². The topological polar surface area (TPSA) is 53.0 Å². The van der Waals surface area contributed by atoms with Gasteiger partial charge in [-0.15, -0.1) is 0 Å². The lowest BCUT2D eigenvalue weighted by atomic mass is 10.0. The van der Waals surface area contributed by atoms with E-state index in [1.807, 2.05) is 0 Å². The van der Waals surface area contributed by atoms with E-state index in [1.54, 1.807) is 11.0 Å². The number of halogens is 1. The van der Waals surface area contributed by atoms with Gasteiger partial charge in [0.1, 0.15) is 5.82 Å². The number of nitrogens with zero attached hydrogens (tertiary/aromatic N) is 2. The third kappa shape index (κ3) is 3.71. The van der Waals surface area contributed by atoms with Gasteiger partial charge in [-0.25, -0.2) is 4.39 Å². The summed E-state index contributed by atoms with van der Waals surface area (Å²) < 4.78 is 19.1. The fourth-order valence-corrected chi connectivity index (χ4v) is 3.37. The number of carbonyl (C=O) groups is 1. The van der Waals surface area contributed by atoms with Gasteiger partial charge in [0.25, 0.3) is 5.91 Å². The lowest BCUT2D eigenvalue weighted by Crippen LogP contribution is -2.50. The summed E-state index contributed by atoms with van der Waals surface area (Å²) in [5.41, 5.74) is 0.567. The highest BCUT2D eigenvalue weighted by Crippen LogP contribution is 2.20. The Hall–Kier alpha value is -1.50. The molecule has 2 saturated heterocycles. The first-order valence-corrected chi connectivity index (χ1v) is 8.19. The van der Waals surface area contributed by atoms with E-state index in [0.717, 1.165) is 39.1 Å². The first-order valence-electron chi connectivity index (χ1n) is 8.19. The van der Waals surface area contributed by atoms with Crippen molar-refractivity contribution in [3.8, 4) is 0 Å². The molecule has 2 aliphatic heterocycles. The van der Waals surface area contributed by atoms with E-state index in [1.165, 1.54) is 12.1 Å². The molecule has 1 N–H and O–H groups in total. The molecule has 0 bridgehead atoms. The van der Waals surface area contributed by atoms with Crippen molar-refractivity contribution in [3.05, 3.63) is 35.1 Å². The van der Waals surface area contributed by atoms with E-state index in [-0.39, 0.29) is 18.1 Å². The van der Waals surface area contributed by atoms with Gasteiger partial charge in [-0.2, -0.15) is 0 Å². The van der Waals surface area contributed by atoms with Crippen LogP contribution in [0.3, 0.4) is 0 Å². The predicted octanol–water partition coefficient (Wildman–Crippen LogP) is 1.25. The first-order chi connectivity index (χ1) is 11.2. The van der Waals surface area contributed by atoms with Gasteiger partial charge in [0.2, 0.25) is 0 Å². The molecule has 2 heterocycles. The van der Waals surface area contributed by atoms with Crippen molar-refractivity contribution < 1.29 is 19.0 Å². The summed E-state index contributed by atoms with van der Waals surface area (Å²) in [7, 11) is 0. The van der Waals surface area contributed by atoms with Gasteiger partial charge in [0.15, 0.2) is 0 Å². The summed E-state index contributed by atoms with van der Waals surface area (Å²) >= 11 is 0. The summed E-state index contributed by atoms with van der Waals surface area (Å²) in [5, 5.41) is 9.00. The second-order valence-electron chi connectivity index (χ2n) is 6.14. The quantitative estimate of drug-likeness (QED) is 0.910. The lowest BCUT2D eigenvalue weighted by Gasteiger charge is -2.40. The number of morpholine rings is 1. The lowest BCUT2D eigenvalue weighted by molar-refractivity contribution is 0.00158. The second kappa shape index (κ2) is 7.38. The standard InChI is InChI=1S/C17H23FN2O3/c18-16-11-13(1-2-14(16)12-21)17(22)20-5-3-15(4-6-20)19-7-9-23-10-8-19/h1-2,11,15,21H,3-10,12H2. The van der Waals surface area contributed by atoms with Crippen LogP contribution in [-0.4, -0.2) is 66.2 Å². The normalized spacial score (nSPS) is 20.7. The number of aliphatic hydroxyl groups is 1. The molecule has 23 heavy (non-hydrogen) atoms. The monoisotopic (exact) mass is 322 g/mol. The van der Waals surface area contributed by atoms with Crippen LogP contribution in [0.25, 0.3) is 0 Å². The molecule has 1 aromatic carbocycles. The van der Waals surface area contributed by atoms with Gasteiger partial charge < -0.3 is 14.7 Å². The molecular weight excluding hydrogens is 299 g/mol. The Bertz CT molecular complexity index is 553.